The van der Waals surface area contributed by atoms with Gasteiger partial charge < -0.3 is 5.73 Å². The molecule has 2 atom stereocenters. The first-order valence-electron chi connectivity index (χ1n) is 7.66. The standard InChI is InChI=1S/C16H26N2O2S.ClH/c1-4-12(2)13-5-9-15(10-6-13)21(19,20)18-16(3,11-17)14-7-8-14;/h5-6,9-10,12,14,18H,4,7-8,11,17H2,1-3H3;1H. The minimum atomic E-state index is -3.51. The Balaban J connectivity index is 0.00000242. The number of rotatable bonds is 7. The summed E-state index contributed by atoms with van der Waals surface area (Å²) in [6.07, 6.45) is 3.13. The summed E-state index contributed by atoms with van der Waals surface area (Å²) in [5, 5.41) is 0. The van der Waals surface area contributed by atoms with Gasteiger partial charge in [-0.2, -0.15) is 0 Å². The molecule has 6 heteroatoms. The normalized spacial score (nSPS) is 19.1. The van der Waals surface area contributed by atoms with Crippen molar-refractivity contribution in [2.75, 3.05) is 6.54 Å². The van der Waals surface area contributed by atoms with Crippen molar-refractivity contribution >= 4 is 22.4 Å². The topological polar surface area (TPSA) is 72.2 Å². The van der Waals surface area contributed by atoms with E-state index in [0.717, 1.165) is 19.3 Å². The Bertz CT molecular complexity index is 585. The second-order valence-corrected chi connectivity index (χ2v) is 8.06. The average molecular weight is 347 g/mol. The highest BCUT2D eigenvalue weighted by Crippen LogP contribution is 2.39. The van der Waals surface area contributed by atoms with Crippen LogP contribution in [0.5, 0.6) is 0 Å². The molecule has 0 aliphatic heterocycles. The molecule has 22 heavy (non-hydrogen) atoms. The van der Waals surface area contributed by atoms with Crippen molar-refractivity contribution in [1.29, 1.82) is 0 Å². The third-order valence-corrected chi connectivity index (χ3v) is 6.27. The molecule has 0 amide bonds. The van der Waals surface area contributed by atoms with Gasteiger partial charge in [0.25, 0.3) is 0 Å². The van der Waals surface area contributed by atoms with E-state index in [-0.39, 0.29) is 12.4 Å². The molecule has 1 saturated carbocycles. The van der Waals surface area contributed by atoms with Crippen molar-refractivity contribution in [3.05, 3.63) is 29.8 Å². The maximum Gasteiger partial charge on any atom is 0.241 e. The van der Waals surface area contributed by atoms with E-state index in [1.807, 2.05) is 19.1 Å². The molecule has 2 rings (SSSR count). The molecule has 0 heterocycles. The third kappa shape index (κ3) is 4.22. The molecule has 1 aromatic carbocycles. The Kier molecular flexibility index (Phi) is 6.45. The van der Waals surface area contributed by atoms with Gasteiger partial charge in [0.1, 0.15) is 0 Å². The van der Waals surface area contributed by atoms with Gasteiger partial charge in [0.2, 0.25) is 10.0 Å². The minimum absolute atomic E-state index is 0. The van der Waals surface area contributed by atoms with Crippen LogP contribution in [0.15, 0.2) is 29.2 Å². The predicted molar refractivity (Wildman–Crippen MR) is 92.9 cm³/mol. The van der Waals surface area contributed by atoms with E-state index in [1.54, 1.807) is 12.1 Å². The van der Waals surface area contributed by atoms with E-state index in [1.165, 1.54) is 5.56 Å². The van der Waals surface area contributed by atoms with Crippen LogP contribution in [0.3, 0.4) is 0 Å². The zero-order valence-electron chi connectivity index (χ0n) is 13.5. The van der Waals surface area contributed by atoms with Crippen LogP contribution in [0, 0.1) is 5.92 Å². The fourth-order valence-electron chi connectivity index (χ4n) is 2.59. The number of halogens is 1. The van der Waals surface area contributed by atoms with Gasteiger partial charge in [-0.25, -0.2) is 13.1 Å². The van der Waals surface area contributed by atoms with Crippen LogP contribution in [-0.4, -0.2) is 20.5 Å². The lowest BCUT2D eigenvalue weighted by Crippen LogP contribution is -2.52. The second kappa shape index (κ2) is 7.30. The monoisotopic (exact) mass is 346 g/mol. The second-order valence-electron chi connectivity index (χ2n) is 6.38. The SMILES string of the molecule is CCC(C)c1ccc(S(=O)(=O)NC(C)(CN)C2CC2)cc1.Cl. The van der Waals surface area contributed by atoms with Crippen LogP contribution in [-0.2, 0) is 10.0 Å². The number of sulfonamides is 1. The predicted octanol–water partition coefficient (Wildman–Crippen LogP) is 3.03. The molecule has 1 aromatic rings. The van der Waals surface area contributed by atoms with Crippen molar-refractivity contribution < 1.29 is 8.42 Å². The van der Waals surface area contributed by atoms with Crippen molar-refractivity contribution in [2.24, 2.45) is 11.7 Å². The summed E-state index contributed by atoms with van der Waals surface area (Å²) in [4.78, 5) is 0.315. The first-order chi connectivity index (χ1) is 9.82. The van der Waals surface area contributed by atoms with E-state index >= 15 is 0 Å². The Morgan fingerprint density at radius 1 is 1.32 bits per heavy atom. The molecule has 0 saturated heterocycles. The summed E-state index contributed by atoms with van der Waals surface area (Å²) >= 11 is 0. The largest absolute Gasteiger partial charge is 0.329 e. The van der Waals surface area contributed by atoms with Gasteiger partial charge in [-0.1, -0.05) is 26.0 Å². The Labute approximate surface area is 140 Å². The first kappa shape index (κ1) is 19.4. The van der Waals surface area contributed by atoms with E-state index < -0.39 is 15.6 Å². The summed E-state index contributed by atoms with van der Waals surface area (Å²) in [6.45, 7) is 6.48. The Morgan fingerprint density at radius 3 is 2.27 bits per heavy atom. The van der Waals surface area contributed by atoms with E-state index in [2.05, 4.69) is 18.6 Å². The van der Waals surface area contributed by atoms with Crippen LogP contribution < -0.4 is 10.5 Å². The number of nitrogens with one attached hydrogen (secondary N) is 1. The van der Waals surface area contributed by atoms with Crippen LogP contribution in [0.2, 0.25) is 0 Å². The van der Waals surface area contributed by atoms with Gasteiger partial charge >= 0.3 is 0 Å². The van der Waals surface area contributed by atoms with E-state index in [0.29, 0.717) is 23.3 Å². The molecule has 3 N–H and O–H groups in total. The van der Waals surface area contributed by atoms with Crippen molar-refractivity contribution in [2.45, 2.75) is 56.4 Å². The van der Waals surface area contributed by atoms with Crippen molar-refractivity contribution in [3.8, 4) is 0 Å². The van der Waals surface area contributed by atoms with Crippen molar-refractivity contribution in [1.82, 2.24) is 4.72 Å². The summed E-state index contributed by atoms with van der Waals surface area (Å²) < 4.78 is 27.9. The molecule has 0 radical (unpaired) electrons. The highest BCUT2D eigenvalue weighted by molar-refractivity contribution is 7.89. The molecule has 1 aliphatic rings. The minimum Gasteiger partial charge on any atom is -0.329 e. The fraction of sp³-hybridized carbons (Fsp3) is 0.625. The quantitative estimate of drug-likeness (QED) is 0.797. The maximum atomic E-state index is 12.5. The molecule has 1 fully saturated rings. The third-order valence-electron chi connectivity index (χ3n) is 4.64. The first-order valence-corrected chi connectivity index (χ1v) is 9.14. The van der Waals surface area contributed by atoms with Crippen LogP contribution in [0.1, 0.15) is 51.5 Å². The molecule has 2 unspecified atom stereocenters. The van der Waals surface area contributed by atoms with E-state index in [4.69, 9.17) is 5.73 Å². The highest BCUT2D eigenvalue weighted by atomic mass is 35.5. The molecule has 126 valence electrons. The summed E-state index contributed by atoms with van der Waals surface area (Å²) in [7, 11) is -3.51. The van der Waals surface area contributed by atoms with E-state index in [9.17, 15) is 8.42 Å². The van der Waals surface area contributed by atoms with Crippen LogP contribution in [0.4, 0.5) is 0 Å². The van der Waals surface area contributed by atoms with Gasteiger partial charge in [0, 0.05) is 12.1 Å². The van der Waals surface area contributed by atoms with Crippen LogP contribution >= 0.6 is 12.4 Å². The summed E-state index contributed by atoms with van der Waals surface area (Å²) in [5.74, 6) is 0.798. The number of hydrogen-bond donors (Lipinski definition) is 2. The molecular formula is C16H27ClN2O2S. The molecule has 1 aliphatic carbocycles. The number of hydrogen-bond acceptors (Lipinski definition) is 3. The molecule has 0 bridgehead atoms. The fourth-order valence-corrected chi connectivity index (χ4v) is 4.07. The Hall–Kier alpha value is -0.620. The molecule has 0 spiro atoms. The smallest absolute Gasteiger partial charge is 0.241 e. The average Bonchev–Trinajstić information content (AvgIpc) is 3.31. The lowest BCUT2D eigenvalue weighted by atomic mass is 9.98. The molecule has 0 aromatic heterocycles. The Morgan fingerprint density at radius 2 is 1.86 bits per heavy atom. The van der Waals surface area contributed by atoms with Gasteiger partial charge in [0.15, 0.2) is 0 Å². The highest BCUT2D eigenvalue weighted by Gasteiger charge is 2.43. The van der Waals surface area contributed by atoms with Crippen LogP contribution in [0.25, 0.3) is 0 Å². The summed E-state index contributed by atoms with van der Waals surface area (Å²) in [6, 6.07) is 7.18. The maximum absolute atomic E-state index is 12.5. The zero-order chi connectivity index (χ0) is 15.7. The summed E-state index contributed by atoms with van der Waals surface area (Å²) in [5.41, 5.74) is 6.42. The molecular weight excluding hydrogens is 320 g/mol. The van der Waals surface area contributed by atoms with Crippen molar-refractivity contribution in [3.63, 3.8) is 0 Å². The zero-order valence-corrected chi connectivity index (χ0v) is 15.1. The van der Waals surface area contributed by atoms with Gasteiger partial charge in [-0.05, 0) is 55.7 Å². The lowest BCUT2D eigenvalue weighted by Gasteiger charge is -2.29. The molecule has 4 nitrogen and oxygen atoms in total. The van der Waals surface area contributed by atoms with Gasteiger partial charge in [-0.3, -0.25) is 0 Å². The number of nitrogens with two attached hydrogens (primary N) is 1. The van der Waals surface area contributed by atoms with Gasteiger partial charge in [0.05, 0.1) is 4.90 Å². The lowest BCUT2D eigenvalue weighted by molar-refractivity contribution is 0.374. The van der Waals surface area contributed by atoms with Gasteiger partial charge in [-0.15, -0.1) is 12.4 Å². The number of benzene rings is 1.